The molecule has 149 heavy (non-hydrogen) atoms. The Labute approximate surface area is 870 Å². The molecule has 794 valence electrons. The smallest absolute Gasteiger partial charge is 0.281 e. The highest BCUT2D eigenvalue weighted by Crippen LogP contribution is 2.45. The first kappa shape index (κ1) is 112. The van der Waals surface area contributed by atoms with E-state index in [9.17, 15) is 62.0 Å². The normalized spacial score (nSPS) is 18.1. The van der Waals surface area contributed by atoms with Crippen molar-refractivity contribution >= 4 is 110 Å². The van der Waals surface area contributed by atoms with E-state index in [4.69, 9.17) is 56.1 Å². The van der Waals surface area contributed by atoms with Gasteiger partial charge in [-0.05, 0) is 271 Å². The number of aromatic nitrogens is 9. The first-order chi connectivity index (χ1) is 69.9. The van der Waals surface area contributed by atoms with E-state index >= 15 is 0 Å². The minimum Gasteiger partial charge on any atom is -0.497 e. The number of rotatable bonds is 29. The predicted molar refractivity (Wildman–Crippen MR) is 570 cm³/mol. The average molecular weight is 2120 g/mol. The van der Waals surface area contributed by atoms with Crippen LogP contribution in [0.3, 0.4) is 0 Å². The van der Waals surface area contributed by atoms with E-state index in [-0.39, 0.29) is 102 Å². The monoisotopic (exact) mass is 2120 g/mol. The van der Waals surface area contributed by atoms with Gasteiger partial charge in [0.05, 0.1) is 71.5 Å². The van der Waals surface area contributed by atoms with Crippen LogP contribution < -0.4 is 80.0 Å². The lowest BCUT2D eigenvalue weighted by Gasteiger charge is -2.36. The molecule has 9 aromatic heterocycles. The summed E-state index contributed by atoms with van der Waals surface area (Å²) in [4.78, 5) is 113. The highest BCUT2D eigenvalue weighted by atomic mass is 32.2. The Hall–Kier alpha value is -14.3. The number of carbonyl (C=O) groups excluding carboxylic acids is 5. The molecule has 0 bridgehead atoms. The van der Waals surface area contributed by atoms with E-state index in [1.54, 1.807) is 80.2 Å². The Morgan fingerprint density at radius 3 is 1.21 bits per heavy atom. The van der Waals surface area contributed by atoms with Crippen molar-refractivity contribution < 1.29 is 81.0 Å². The number of sulfonamides is 4. The fourth-order valence-corrected chi connectivity index (χ4v) is 22.9. The third kappa shape index (κ3) is 27.1. The summed E-state index contributed by atoms with van der Waals surface area (Å²) < 4.78 is 148. The van der Waals surface area contributed by atoms with Crippen molar-refractivity contribution in [1.29, 1.82) is 0 Å². The number of ether oxygens (including phenoxy) is 4. The molecule has 43 heteroatoms. The number of hydrogen-bond acceptors (Lipinski definition) is 33. The van der Waals surface area contributed by atoms with Gasteiger partial charge in [-0.25, -0.2) is 76.6 Å². The van der Waals surface area contributed by atoms with Crippen LogP contribution in [0.15, 0.2) is 191 Å². The van der Waals surface area contributed by atoms with Crippen LogP contribution in [0.5, 0.6) is 23.3 Å². The number of aryl methyl sites for hydroxylation is 1. The number of amides is 5. The summed E-state index contributed by atoms with van der Waals surface area (Å²) in [6.07, 6.45) is 6.98. The third-order valence-electron chi connectivity index (χ3n) is 26.2. The van der Waals surface area contributed by atoms with Crippen LogP contribution in [0.1, 0.15) is 204 Å². The second-order valence-corrected chi connectivity index (χ2v) is 48.5. The SMILES string of the molecule is CC(C)COc1cc(F)cc(-c2ccc(C(=O)NS(=O)(=O)C3CCNC3=O)c(N3CC(C)CC3(C)C)n2)c1.CC(C)COc1ccc(-c2ccc(C(=O)NS(=O)(=O)c3cccc(N)n3)c(N3CC(C)CC3(C)C)n2)cn1.CC(C)Oc1ccc(-c2ccc(C(=O)NS(=O)(=O)c3cccc(N)n3)c(N3CCC(C)C3(C)C)n2)cn1.COc1ccc(C)c(-c2ccc(C(=O)NS(=O)(=O)c3cccc(N)n3)c(N3CC(C)CC3(C)C)n2)c1. The van der Waals surface area contributed by atoms with E-state index in [1.807, 2.05) is 83.7 Å². The molecule has 5 aliphatic rings. The Kier molecular flexibility index (Phi) is 34.1. The number of anilines is 7. The molecule has 0 radical (unpaired) electrons. The maximum Gasteiger partial charge on any atom is 0.281 e. The molecule has 14 heterocycles. The molecule has 0 saturated carbocycles. The van der Waals surface area contributed by atoms with Crippen molar-refractivity contribution in [3.63, 3.8) is 0 Å². The van der Waals surface area contributed by atoms with Gasteiger partial charge in [0, 0.05) is 108 Å². The number of carbonyl (C=O) groups is 5. The van der Waals surface area contributed by atoms with E-state index in [0.29, 0.717) is 144 Å². The highest BCUT2D eigenvalue weighted by Gasteiger charge is 2.46. The number of nitrogen functional groups attached to an aromatic ring is 3. The summed E-state index contributed by atoms with van der Waals surface area (Å²) in [6, 6.07) is 42.9. The van der Waals surface area contributed by atoms with Gasteiger partial charge in [0.1, 0.15) is 58.0 Å². The molecule has 5 amide bonds. The van der Waals surface area contributed by atoms with Gasteiger partial charge in [-0.1, -0.05) is 79.7 Å². The first-order valence-electron chi connectivity index (χ1n) is 49.1. The van der Waals surface area contributed by atoms with Crippen molar-refractivity contribution in [3.8, 4) is 68.3 Å². The van der Waals surface area contributed by atoms with Crippen molar-refractivity contribution in [1.82, 2.24) is 69.1 Å². The molecule has 5 fully saturated rings. The van der Waals surface area contributed by atoms with Gasteiger partial charge < -0.3 is 61.1 Å². The Bertz CT molecular complexity index is 7310. The molecule has 5 saturated heterocycles. The predicted octanol–water partition coefficient (Wildman–Crippen LogP) is 14.8. The fraction of sp³-hybridized carbons (Fsp3) is 0.415. The highest BCUT2D eigenvalue weighted by molar-refractivity contribution is 7.91. The molecule has 5 unspecified atom stereocenters. The zero-order valence-corrected chi connectivity index (χ0v) is 90.6. The molecule has 0 aliphatic carbocycles. The molecule has 11 aromatic rings. The van der Waals surface area contributed by atoms with Gasteiger partial charge in [0.25, 0.3) is 53.7 Å². The molecule has 5 atom stereocenters. The molecule has 16 rings (SSSR count). The largest absolute Gasteiger partial charge is 0.497 e. The molecular weight excluding hydrogens is 1990 g/mol. The van der Waals surface area contributed by atoms with Crippen LogP contribution in [0.4, 0.5) is 45.1 Å². The number of nitrogens with two attached hydrogens (primary N) is 3. The van der Waals surface area contributed by atoms with Gasteiger partial charge in [-0.15, -0.1) is 0 Å². The first-order valence-corrected chi connectivity index (χ1v) is 55.1. The summed E-state index contributed by atoms with van der Waals surface area (Å²) in [6.45, 7) is 42.9. The van der Waals surface area contributed by atoms with Crippen molar-refractivity contribution in [2.45, 2.75) is 212 Å². The third-order valence-corrected chi connectivity index (χ3v) is 31.6. The number of methoxy groups -OCH3 is 1. The molecular formula is C106H132FN21O17S4. The second kappa shape index (κ2) is 45.4. The Balaban J connectivity index is 0.000000166. The fourth-order valence-electron chi connectivity index (χ4n) is 18.8. The molecule has 2 aromatic carbocycles. The topological polar surface area (TPSA) is 526 Å². The lowest BCUT2D eigenvalue weighted by atomic mass is 9.90. The van der Waals surface area contributed by atoms with E-state index in [0.717, 1.165) is 47.9 Å². The van der Waals surface area contributed by atoms with Crippen LogP contribution in [0.25, 0.3) is 45.0 Å². The van der Waals surface area contributed by atoms with Crippen LogP contribution in [0, 0.1) is 48.2 Å². The Morgan fingerprint density at radius 1 is 0.456 bits per heavy atom. The van der Waals surface area contributed by atoms with Gasteiger partial charge in [-0.3, -0.25) is 24.0 Å². The maximum absolute atomic E-state index is 14.5. The standard InChI is InChI=1S/C27H35FN4O5S.C27H34N6O4S.C26H32N6O4S.C26H31N5O4S/c1-16(2)15-37-20-11-18(10-19(28)12-20)22-7-6-21(24(30-22)32-14-17(3)13-27(32,4)5)25(33)31-38(35,36)23-8-9-29-26(23)34;1-17(2)16-37-23-12-9-19(14-29-23)21-11-10-20(25(30-21)33-15-18(3)13-27(33,4)5)26(34)32-38(35,36)24-8-6-7-22(28)31-24;1-16(2)36-22-12-9-18(15-28-22)20-11-10-19(24(29-20)32-14-13-17(3)26(32,4)5)25(33)31-37(34,35)23-8-6-7-21(27)30-23;1-16-14-26(3,4)31(15-16)24-19(25(32)30-36(33,34)23-8-6-7-22(27)29-23)11-12-21(28-24)20-13-18(35-5)10-9-17(20)2/h6-7,10-12,16-17,23H,8-9,13-15H2,1-5H3,(H,29,34)(H,31,33);6-12,14,17-18H,13,15-16H2,1-5H3,(H2,28,31)(H,32,34);6-12,15-17H,13-14H2,1-5H3,(H2,27,30)(H,31,33);6-13,16H,14-15H2,1-5H3,(H2,27,29)(H,30,32). The zero-order valence-electron chi connectivity index (χ0n) is 87.3. The lowest BCUT2D eigenvalue weighted by molar-refractivity contribution is -0.118. The molecule has 0 spiro atoms. The second-order valence-electron chi connectivity index (χ2n) is 41.7. The number of nitrogens with one attached hydrogen (secondary N) is 5. The van der Waals surface area contributed by atoms with Gasteiger partial charge in [0.2, 0.25) is 27.7 Å². The van der Waals surface area contributed by atoms with Crippen LogP contribution >= 0.6 is 0 Å². The maximum atomic E-state index is 14.5. The zero-order chi connectivity index (χ0) is 109. The summed E-state index contributed by atoms with van der Waals surface area (Å²) in [5.74, 6) is 1.40. The molecule has 38 nitrogen and oxygen atoms in total. The van der Waals surface area contributed by atoms with Crippen molar-refractivity contribution in [2.24, 2.45) is 35.5 Å². The molecule has 5 aliphatic heterocycles. The van der Waals surface area contributed by atoms with Crippen molar-refractivity contribution in [2.75, 3.05) is 89.8 Å². The van der Waals surface area contributed by atoms with Crippen LogP contribution in [-0.2, 0) is 44.9 Å². The van der Waals surface area contributed by atoms with E-state index in [1.165, 1.54) is 72.8 Å². The molecule has 11 N–H and O–H groups in total. The van der Waals surface area contributed by atoms with Crippen LogP contribution in [-0.4, -0.2) is 195 Å². The van der Waals surface area contributed by atoms with E-state index < -0.39 is 80.7 Å². The quantitative estimate of drug-likeness (QED) is 0.0216. The van der Waals surface area contributed by atoms with Crippen LogP contribution in [0.2, 0.25) is 0 Å². The number of hydrogen-bond donors (Lipinski definition) is 8. The number of benzene rings is 2. The summed E-state index contributed by atoms with van der Waals surface area (Å²) in [7, 11) is -15.4. The number of pyridine rings is 9. The number of halogens is 1. The van der Waals surface area contributed by atoms with Gasteiger partial charge in [0.15, 0.2) is 20.3 Å². The summed E-state index contributed by atoms with van der Waals surface area (Å²) in [5.41, 5.74) is 22.3. The Morgan fingerprint density at radius 2 is 0.852 bits per heavy atom. The number of nitrogens with zero attached hydrogens (tertiary/aromatic N) is 13. The summed E-state index contributed by atoms with van der Waals surface area (Å²) in [5, 5.41) is 0.147. The average Bonchev–Trinajstić information content (AvgIpc) is 1.66. The van der Waals surface area contributed by atoms with Gasteiger partial charge >= 0.3 is 0 Å². The lowest BCUT2D eigenvalue weighted by Crippen LogP contribution is -2.44. The van der Waals surface area contributed by atoms with Gasteiger partial charge in [-0.2, -0.15) is 25.3 Å². The minimum absolute atomic E-state index is 0.000864. The summed E-state index contributed by atoms with van der Waals surface area (Å²) >= 11 is 0. The minimum atomic E-state index is -4.25. The van der Waals surface area contributed by atoms with Crippen molar-refractivity contribution in [3.05, 3.63) is 210 Å². The van der Waals surface area contributed by atoms with E-state index in [2.05, 4.69) is 147 Å².